The number of fused-ring (bicyclic) bond motifs is 3. The third-order valence-corrected chi connectivity index (χ3v) is 5.70. The molecule has 8 nitrogen and oxygen atoms in total. The van der Waals surface area contributed by atoms with Crippen molar-refractivity contribution in [3.63, 3.8) is 0 Å². The number of carbonyl (C=O) groups excluding carboxylic acids is 2. The molecular weight excluding hydrogens is 424 g/mol. The summed E-state index contributed by atoms with van der Waals surface area (Å²) in [6.45, 7) is 2.08. The van der Waals surface area contributed by atoms with E-state index < -0.39 is 30.1 Å². The molecule has 2 unspecified atom stereocenters. The van der Waals surface area contributed by atoms with E-state index in [1.165, 1.54) is 0 Å². The highest BCUT2D eigenvalue weighted by molar-refractivity contribution is 5.86. The Bertz CT molecular complexity index is 945. The van der Waals surface area contributed by atoms with Crippen LogP contribution < -0.4 is 10.6 Å². The molecule has 2 atom stereocenters. The standard InChI is InChI=1S/C25H30N2O6/c1-16(28)7-6-14-26-24(31)22(12-13-23(29)30)27-25(32)33-15-21-19-10-4-2-8-17(19)18-9-3-5-11-20(18)21/h2-5,8-11,16,21-22,28H,6-7,12-15H2,1H3,(H,26,31)(H,27,32)(H,29,30). The molecule has 0 bridgehead atoms. The van der Waals surface area contributed by atoms with E-state index >= 15 is 0 Å². The zero-order chi connectivity index (χ0) is 23.8. The van der Waals surface area contributed by atoms with Crippen LogP contribution in [-0.2, 0) is 14.3 Å². The Kier molecular flexibility index (Phi) is 8.43. The molecule has 0 aliphatic heterocycles. The SMILES string of the molecule is CC(O)CCCNC(=O)C(CCC(=O)O)NC(=O)OCC1c2ccccc2-c2ccccc21. The zero-order valence-electron chi connectivity index (χ0n) is 18.6. The van der Waals surface area contributed by atoms with E-state index in [4.69, 9.17) is 9.84 Å². The number of carboxylic acid groups (broad SMARTS) is 1. The van der Waals surface area contributed by atoms with Crippen molar-refractivity contribution in [2.45, 2.75) is 50.7 Å². The molecule has 1 aliphatic carbocycles. The van der Waals surface area contributed by atoms with E-state index in [9.17, 15) is 19.5 Å². The van der Waals surface area contributed by atoms with Crippen LogP contribution in [0.4, 0.5) is 4.79 Å². The first-order valence-corrected chi connectivity index (χ1v) is 11.2. The summed E-state index contributed by atoms with van der Waals surface area (Å²) in [7, 11) is 0. The van der Waals surface area contributed by atoms with Crippen LogP contribution in [0.1, 0.15) is 49.7 Å². The van der Waals surface area contributed by atoms with E-state index in [1.54, 1.807) is 6.92 Å². The quantitative estimate of drug-likeness (QED) is 0.387. The van der Waals surface area contributed by atoms with Crippen molar-refractivity contribution in [3.8, 4) is 11.1 Å². The van der Waals surface area contributed by atoms with Gasteiger partial charge >= 0.3 is 12.1 Å². The van der Waals surface area contributed by atoms with Gasteiger partial charge in [0.15, 0.2) is 0 Å². The van der Waals surface area contributed by atoms with Gasteiger partial charge in [0.2, 0.25) is 5.91 Å². The molecule has 3 rings (SSSR count). The molecule has 0 saturated carbocycles. The fourth-order valence-corrected chi connectivity index (χ4v) is 4.05. The second-order valence-electron chi connectivity index (χ2n) is 8.24. The number of carbonyl (C=O) groups is 3. The average Bonchev–Trinajstić information content (AvgIpc) is 3.11. The molecular formula is C25H30N2O6. The van der Waals surface area contributed by atoms with E-state index in [-0.39, 0.29) is 25.4 Å². The van der Waals surface area contributed by atoms with Crippen molar-refractivity contribution in [1.29, 1.82) is 0 Å². The van der Waals surface area contributed by atoms with Gasteiger partial charge in [-0.1, -0.05) is 48.5 Å². The summed E-state index contributed by atoms with van der Waals surface area (Å²) in [5.41, 5.74) is 4.37. The molecule has 2 aromatic carbocycles. The number of alkyl carbamates (subject to hydrolysis) is 1. The van der Waals surface area contributed by atoms with Gasteiger partial charge in [0.25, 0.3) is 0 Å². The fraction of sp³-hybridized carbons (Fsp3) is 0.400. The van der Waals surface area contributed by atoms with Crippen LogP contribution in [0.2, 0.25) is 0 Å². The van der Waals surface area contributed by atoms with Crippen LogP contribution in [0.25, 0.3) is 11.1 Å². The lowest BCUT2D eigenvalue weighted by atomic mass is 9.98. The van der Waals surface area contributed by atoms with Gasteiger partial charge in [0.1, 0.15) is 12.6 Å². The maximum Gasteiger partial charge on any atom is 0.407 e. The Labute approximate surface area is 193 Å². The van der Waals surface area contributed by atoms with Crippen LogP contribution in [-0.4, -0.2) is 53.5 Å². The lowest BCUT2D eigenvalue weighted by Crippen LogP contribution is -2.47. The Hall–Kier alpha value is -3.39. The monoisotopic (exact) mass is 454 g/mol. The molecule has 1 aliphatic rings. The van der Waals surface area contributed by atoms with Crippen LogP contribution in [0.15, 0.2) is 48.5 Å². The summed E-state index contributed by atoms with van der Waals surface area (Å²) in [5, 5.41) is 23.5. The maximum absolute atomic E-state index is 12.5. The highest BCUT2D eigenvalue weighted by Crippen LogP contribution is 2.44. The fourth-order valence-electron chi connectivity index (χ4n) is 4.05. The van der Waals surface area contributed by atoms with Gasteiger partial charge in [-0.15, -0.1) is 0 Å². The molecule has 176 valence electrons. The van der Waals surface area contributed by atoms with Crippen LogP contribution in [0, 0.1) is 0 Å². The van der Waals surface area contributed by atoms with Crippen molar-refractivity contribution in [2.75, 3.05) is 13.2 Å². The number of benzene rings is 2. The van der Waals surface area contributed by atoms with E-state index in [1.807, 2.05) is 48.5 Å². The first-order valence-electron chi connectivity index (χ1n) is 11.2. The Morgan fingerprint density at radius 2 is 1.61 bits per heavy atom. The van der Waals surface area contributed by atoms with Crippen LogP contribution in [0.3, 0.4) is 0 Å². The van der Waals surface area contributed by atoms with Gasteiger partial charge < -0.3 is 25.6 Å². The summed E-state index contributed by atoms with van der Waals surface area (Å²) in [6, 6.07) is 14.9. The van der Waals surface area contributed by atoms with Crippen molar-refractivity contribution in [3.05, 3.63) is 59.7 Å². The Balaban J connectivity index is 1.59. The van der Waals surface area contributed by atoms with Crippen LogP contribution in [0.5, 0.6) is 0 Å². The molecule has 33 heavy (non-hydrogen) atoms. The molecule has 0 fully saturated rings. The second-order valence-corrected chi connectivity index (χ2v) is 8.24. The lowest BCUT2D eigenvalue weighted by molar-refractivity contribution is -0.137. The predicted octanol–water partition coefficient (Wildman–Crippen LogP) is 3.04. The first-order chi connectivity index (χ1) is 15.9. The summed E-state index contributed by atoms with van der Waals surface area (Å²) in [6.07, 6.45) is -0.466. The second kappa shape index (κ2) is 11.5. The minimum Gasteiger partial charge on any atom is -0.481 e. The molecule has 2 amide bonds. The molecule has 2 aromatic rings. The number of ether oxygens (including phenoxy) is 1. The molecule has 0 heterocycles. The number of hydrogen-bond donors (Lipinski definition) is 4. The van der Waals surface area contributed by atoms with Gasteiger partial charge in [-0.25, -0.2) is 4.79 Å². The predicted molar refractivity (Wildman–Crippen MR) is 123 cm³/mol. The molecule has 0 saturated heterocycles. The number of amides is 2. The highest BCUT2D eigenvalue weighted by atomic mass is 16.5. The van der Waals surface area contributed by atoms with Crippen molar-refractivity contribution in [2.24, 2.45) is 0 Å². The smallest absolute Gasteiger partial charge is 0.407 e. The number of aliphatic carboxylic acids is 1. The van der Waals surface area contributed by atoms with Crippen LogP contribution >= 0.6 is 0 Å². The topological polar surface area (TPSA) is 125 Å². The maximum atomic E-state index is 12.5. The van der Waals surface area contributed by atoms with E-state index in [0.717, 1.165) is 22.3 Å². The zero-order valence-corrected chi connectivity index (χ0v) is 18.6. The third-order valence-electron chi connectivity index (χ3n) is 5.70. The molecule has 0 radical (unpaired) electrons. The van der Waals surface area contributed by atoms with Gasteiger partial charge in [0.05, 0.1) is 6.10 Å². The number of aliphatic hydroxyl groups is 1. The van der Waals surface area contributed by atoms with Gasteiger partial charge in [-0.2, -0.15) is 0 Å². The highest BCUT2D eigenvalue weighted by Gasteiger charge is 2.29. The first kappa shape index (κ1) is 24.3. The number of hydrogen-bond acceptors (Lipinski definition) is 5. The van der Waals surface area contributed by atoms with Gasteiger partial charge in [-0.3, -0.25) is 9.59 Å². The van der Waals surface area contributed by atoms with Gasteiger partial charge in [-0.05, 0) is 48.4 Å². The number of rotatable bonds is 11. The summed E-state index contributed by atoms with van der Waals surface area (Å²) in [4.78, 5) is 36.0. The van der Waals surface area contributed by atoms with E-state index in [0.29, 0.717) is 19.4 Å². The third kappa shape index (κ3) is 6.55. The minimum absolute atomic E-state index is 0.0538. The van der Waals surface area contributed by atoms with Crippen molar-refractivity contribution in [1.82, 2.24) is 10.6 Å². The van der Waals surface area contributed by atoms with Gasteiger partial charge in [0, 0.05) is 18.9 Å². The van der Waals surface area contributed by atoms with E-state index in [2.05, 4.69) is 10.6 Å². The largest absolute Gasteiger partial charge is 0.481 e. The minimum atomic E-state index is -1.06. The van der Waals surface area contributed by atoms with Crippen molar-refractivity contribution >= 4 is 18.0 Å². The Morgan fingerprint density at radius 3 is 2.18 bits per heavy atom. The number of aliphatic hydroxyl groups excluding tert-OH is 1. The lowest BCUT2D eigenvalue weighted by Gasteiger charge is -2.19. The molecule has 0 aromatic heterocycles. The number of nitrogens with one attached hydrogen (secondary N) is 2. The summed E-state index contributed by atoms with van der Waals surface area (Å²) < 4.78 is 5.47. The average molecular weight is 455 g/mol. The van der Waals surface area contributed by atoms with Crippen molar-refractivity contribution < 1.29 is 29.3 Å². The normalized spacial score (nSPS) is 14.0. The number of carboxylic acids is 1. The summed E-state index contributed by atoms with van der Waals surface area (Å²) >= 11 is 0. The summed E-state index contributed by atoms with van der Waals surface area (Å²) in [5.74, 6) is -1.65. The molecule has 4 N–H and O–H groups in total. The Morgan fingerprint density at radius 1 is 1.00 bits per heavy atom. The molecule has 0 spiro atoms. The molecule has 8 heteroatoms.